The van der Waals surface area contributed by atoms with Crippen LogP contribution in [0.15, 0.2) is 147 Å². The first-order valence-corrected chi connectivity index (χ1v) is 21.4. The highest BCUT2D eigenvalue weighted by Crippen LogP contribution is 2.48. The molecule has 0 aromatic heterocycles. The number of nitrogens with zero attached hydrogens (tertiary/aromatic N) is 8. The van der Waals surface area contributed by atoms with Gasteiger partial charge < -0.3 is 31.9 Å². The number of carbonyl (C=O) groups is 2. The lowest BCUT2D eigenvalue weighted by Crippen LogP contribution is -2.01. The third kappa shape index (κ3) is 9.97. The molecule has 0 atom stereocenters. The van der Waals surface area contributed by atoms with Gasteiger partial charge in [-0.3, -0.25) is 13.7 Å². The van der Waals surface area contributed by atoms with Crippen molar-refractivity contribution >= 4 is 110 Å². The van der Waals surface area contributed by atoms with Gasteiger partial charge in [0.2, 0.25) is 0 Å². The third-order valence-electron chi connectivity index (χ3n) is 8.52. The zero-order chi connectivity index (χ0) is 46.9. The van der Waals surface area contributed by atoms with E-state index < -0.39 is 102 Å². The predicted molar refractivity (Wildman–Crippen MR) is 222 cm³/mol. The Kier molecular flexibility index (Phi) is 12.3. The van der Waals surface area contributed by atoms with Crippen LogP contribution in [0.5, 0.6) is 11.5 Å². The Hall–Kier alpha value is -8.15. The van der Waals surface area contributed by atoms with Crippen LogP contribution < -0.4 is 11.5 Å². The van der Waals surface area contributed by atoms with Crippen molar-refractivity contribution in [3.8, 4) is 11.5 Å². The van der Waals surface area contributed by atoms with Gasteiger partial charge in [-0.25, -0.2) is 9.59 Å². The fraction of sp³-hybridized carbons (Fsp3) is 0. The van der Waals surface area contributed by atoms with Crippen molar-refractivity contribution in [2.24, 2.45) is 40.9 Å². The number of aromatic carboxylic acids is 2. The SMILES string of the molecule is Nc1ccc(N=Nc2ccc(N=Nc3ccc4c(S(=O)(=O)O)cc(N=Nc5ccc(N=Nc6ccc(N)c(C(=O)O)c6)cc5S(=O)(=O)O)c(O)c4c3O)c(S(=O)(=O)O)c2)cc1C(=O)O. The van der Waals surface area contributed by atoms with E-state index in [-0.39, 0.29) is 45.3 Å². The van der Waals surface area contributed by atoms with Crippen LogP contribution in [-0.2, 0) is 30.4 Å². The fourth-order valence-electron chi connectivity index (χ4n) is 5.53. The van der Waals surface area contributed by atoms with Gasteiger partial charge in [-0.2, -0.15) is 45.7 Å². The number of hydrogen-bond acceptors (Lipinski definition) is 20. The molecule has 64 heavy (non-hydrogen) atoms. The number of nitrogen functional groups attached to an aromatic ring is 2. The molecule has 0 fully saturated rings. The number of anilines is 2. The summed E-state index contributed by atoms with van der Waals surface area (Å²) in [6, 6.07) is 15.8. The summed E-state index contributed by atoms with van der Waals surface area (Å²) in [5.74, 6) is -4.73. The molecule has 0 spiro atoms. The molecule has 25 nitrogen and oxygen atoms in total. The van der Waals surface area contributed by atoms with Gasteiger partial charge in [-0.15, -0.1) is 20.5 Å². The first kappa shape index (κ1) is 45.4. The van der Waals surface area contributed by atoms with Gasteiger partial charge in [0.1, 0.15) is 37.4 Å². The monoisotopic (exact) mass is 934 g/mol. The van der Waals surface area contributed by atoms with Gasteiger partial charge in [0.05, 0.1) is 39.3 Å². The van der Waals surface area contributed by atoms with E-state index in [1.165, 1.54) is 30.3 Å². The number of rotatable bonds is 13. The molecule has 328 valence electrons. The van der Waals surface area contributed by atoms with E-state index >= 15 is 0 Å². The summed E-state index contributed by atoms with van der Waals surface area (Å²) in [6.45, 7) is 0. The van der Waals surface area contributed by atoms with Gasteiger partial charge in [-0.1, -0.05) is 6.07 Å². The number of azo groups is 4. The number of nitrogens with two attached hydrogens (primary N) is 2. The summed E-state index contributed by atoms with van der Waals surface area (Å²) >= 11 is 0. The minimum absolute atomic E-state index is 0.00560. The van der Waals surface area contributed by atoms with Gasteiger partial charge in [0.25, 0.3) is 30.4 Å². The molecule has 6 aromatic carbocycles. The fourth-order valence-corrected chi connectivity index (χ4v) is 7.53. The van der Waals surface area contributed by atoms with Crippen LogP contribution in [0, 0.1) is 0 Å². The molecule has 0 bridgehead atoms. The molecule has 6 rings (SSSR count). The maximum Gasteiger partial charge on any atom is 0.337 e. The van der Waals surface area contributed by atoms with E-state index in [9.17, 15) is 68.9 Å². The average Bonchev–Trinajstić information content (AvgIpc) is 3.21. The van der Waals surface area contributed by atoms with Crippen molar-refractivity contribution in [1.29, 1.82) is 0 Å². The molecule has 0 radical (unpaired) electrons. The quantitative estimate of drug-likeness (QED) is 0.0299. The van der Waals surface area contributed by atoms with Gasteiger partial charge in [-0.05, 0) is 84.9 Å². The smallest absolute Gasteiger partial charge is 0.337 e. The van der Waals surface area contributed by atoms with Crippen molar-refractivity contribution < 1.29 is 68.9 Å². The summed E-state index contributed by atoms with van der Waals surface area (Å²) in [5, 5.41) is 70.0. The molecule has 0 aliphatic carbocycles. The number of carboxylic acids is 2. The summed E-state index contributed by atoms with van der Waals surface area (Å²) in [6.07, 6.45) is 0. The maximum atomic E-state index is 12.5. The highest BCUT2D eigenvalue weighted by atomic mass is 32.2. The highest BCUT2D eigenvalue weighted by Gasteiger charge is 2.25. The lowest BCUT2D eigenvalue weighted by Gasteiger charge is -2.11. The Labute approximate surface area is 358 Å². The number of fused-ring (bicyclic) bond motifs is 1. The molecule has 0 amide bonds. The van der Waals surface area contributed by atoms with E-state index in [1.807, 2.05) is 0 Å². The lowest BCUT2D eigenvalue weighted by molar-refractivity contribution is 0.0687. The standard InChI is InChI=1S/C36H26N10O15S3/c37-23-6-1-16(11-21(23)35(49)50)39-41-18-3-8-25(30(13-18)63(56,57)58)43-45-27-10-5-20-29(62(53,54)55)15-28(34(48)32(20)33(27)47)46-44-26-9-4-19(14-31(26)64(59,60)61)42-40-17-2-7-24(38)22(12-17)36(51)52/h1-15,47-48H,37-38H2,(H,49,50)(H,51,52)(H,53,54,55)(H,56,57,58)(H,59,60,61). The Morgan fingerprint density at radius 3 is 1.17 bits per heavy atom. The average molecular weight is 935 g/mol. The number of benzene rings is 6. The molecule has 28 heteroatoms. The predicted octanol–water partition coefficient (Wildman–Crippen LogP) is 8.21. The van der Waals surface area contributed by atoms with Gasteiger partial charge >= 0.3 is 11.9 Å². The van der Waals surface area contributed by atoms with E-state index in [0.717, 1.165) is 54.6 Å². The molecule has 0 saturated carbocycles. The molecule has 0 heterocycles. The highest BCUT2D eigenvalue weighted by molar-refractivity contribution is 7.86. The molecule has 6 aromatic rings. The van der Waals surface area contributed by atoms with Crippen LogP contribution in [0.1, 0.15) is 20.7 Å². The third-order valence-corrected chi connectivity index (χ3v) is 11.2. The second-order valence-corrected chi connectivity index (χ2v) is 17.0. The zero-order valence-corrected chi connectivity index (χ0v) is 34.0. The minimum Gasteiger partial charge on any atom is -0.505 e. The number of carboxylic acid groups (broad SMARTS) is 2. The molecular formula is C36H26N10O15S3. The number of aromatic hydroxyl groups is 2. The minimum atomic E-state index is -5.19. The molecule has 0 unspecified atom stereocenters. The van der Waals surface area contributed by atoms with Crippen molar-refractivity contribution in [2.75, 3.05) is 11.5 Å². The molecular weight excluding hydrogens is 909 g/mol. The second-order valence-electron chi connectivity index (χ2n) is 12.8. The summed E-state index contributed by atoms with van der Waals surface area (Å²) in [5.41, 5.74) is 7.73. The number of hydrogen-bond donors (Lipinski definition) is 9. The van der Waals surface area contributed by atoms with E-state index in [2.05, 4.69) is 40.9 Å². The summed E-state index contributed by atoms with van der Waals surface area (Å²) in [7, 11) is -15.4. The van der Waals surface area contributed by atoms with Crippen LogP contribution in [0.2, 0.25) is 0 Å². The first-order chi connectivity index (χ1) is 29.9. The van der Waals surface area contributed by atoms with Crippen LogP contribution in [0.4, 0.5) is 56.9 Å². The lowest BCUT2D eigenvalue weighted by atomic mass is 10.1. The van der Waals surface area contributed by atoms with Crippen molar-refractivity contribution in [3.05, 3.63) is 102 Å². The van der Waals surface area contributed by atoms with Gasteiger partial charge in [0, 0.05) is 16.8 Å². The Balaban J connectivity index is 1.37. The first-order valence-electron chi connectivity index (χ1n) is 17.1. The van der Waals surface area contributed by atoms with Crippen LogP contribution in [0.25, 0.3) is 10.8 Å². The Morgan fingerprint density at radius 1 is 0.422 bits per heavy atom. The molecule has 11 N–H and O–H groups in total. The summed E-state index contributed by atoms with van der Waals surface area (Å²) in [4.78, 5) is 20.0. The Morgan fingerprint density at radius 2 is 0.766 bits per heavy atom. The van der Waals surface area contributed by atoms with Crippen LogP contribution >= 0.6 is 0 Å². The summed E-state index contributed by atoms with van der Waals surface area (Å²) < 4.78 is 104. The Bertz CT molecular complexity index is 3430. The number of phenols is 2. The van der Waals surface area contributed by atoms with E-state index in [1.54, 1.807) is 0 Å². The molecule has 0 aliphatic heterocycles. The molecule has 0 saturated heterocycles. The zero-order valence-electron chi connectivity index (χ0n) is 31.5. The van der Waals surface area contributed by atoms with Crippen LogP contribution in [-0.4, -0.2) is 71.3 Å². The second kappa shape index (κ2) is 17.3. The normalized spacial score (nSPS) is 12.6. The number of phenolic OH excluding ortho intramolecular Hbond substituents is 2. The van der Waals surface area contributed by atoms with Crippen LogP contribution in [0.3, 0.4) is 0 Å². The van der Waals surface area contributed by atoms with E-state index in [0.29, 0.717) is 6.07 Å². The molecule has 0 aliphatic rings. The van der Waals surface area contributed by atoms with Crippen molar-refractivity contribution in [3.63, 3.8) is 0 Å². The van der Waals surface area contributed by atoms with Crippen molar-refractivity contribution in [1.82, 2.24) is 0 Å². The van der Waals surface area contributed by atoms with E-state index in [4.69, 9.17) is 11.5 Å². The topological polar surface area (TPSA) is 429 Å². The van der Waals surface area contributed by atoms with Gasteiger partial charge in [0.15, 0.2) is 11.5 Å². The maximum absolute atomic E-state index is 12.5. The largest absolute Gasteiger partial charge is 0.505 e. The van der Waals surface area contributed by atoms with Crippen molar-refractivity contribution in [2.45, 2.75) is 14.7 Å².